The van der Waals surface area contributed by atoms with E-state index in [-0.39, 0.29) is 0 Å². The van der Waals surface area contributed by atoms with Crippen molar-refractivity contribution in [1.29, 1.82) is 0 Å². The highest BCUT2D eigenvalue weighted by Gasteiger charge is 2.29. The van der Waals surface area contributed by atoms with Gasteiger partial charge in [-0.15, -0.1) is 0 Å². The van der Waals surface area contributed by atoms with Crippen molar-refractivity contribution >= 4 is 27.7 Å². The van der Waals surface area contributed by atoms with Gasteiger partial charge in [0.05, 0.1) is 5.60 Å². The smallest absolute Gasteiger partial charge is 0.0787 e. The summed E-state index contributed by atoms with van der Waals surface area (Å²) in [6, 6.07) is 8.77. The van der Waals surface area contributed by atoms with Crippen LogP contribution in [0.2, 0.25) is 0 Å². The molecule has 2 N–H and O–H groups in total. The van der Waals surface area contributed by atoms with Crippen molar-refractivity contribution in [1.82, 2.24) is 5.32 Å². The molecule has 1 atom stereocenters. The summed E-state index contributed by atoms with van der Waals surface area (Å²) in [7, 11) is 0. The first kappa shape index (κ1) is 15.4. The average Bonchev–Trinajstić information content (AvgIpc) is 2.42. The molecule has 0 radical (unpaired) electrons. The second-order valence-corrected chi connectivity index (χ2v) is 7.37. The van der Waals surface area contributed by atoms with Gasteiger partial charge in [0.25, 0.3) is 0 Å². The molecule has 1 fully saturated rings. The number of rotatable bonds is 5. The van der Waals surface area contributed by atoms with Gasteiger partial charge in [-0.1, -0.05) is 35.0 Å². The van der Waals surface area contributed by atoms with Crippen LogP contribution >= 0.6 is 27.7 Å². The third kappa shape index (κ3) is 4.48. The summed E-state index contributed by atoms with van der Waals surface area (Å²) in [5.41, 5.74) is 0.785. The van der Waals surface area contributed by atoms with Gasteiger partial charge in [0.15, 0.2) is 0 Å². The third-order valence-electron chi connectivity index (χ3n) is 3.78. The predicted octanol–water partition coefficient (Wildman–Crippen LogP) is 3.75. The Bertz CT molecular complexity index is 390. The second kappa shape index (κ2) is 7.11. The fourth-order valence-corrected chi connectivity index (χ4v) is 3.95. The molecule has 0 saturated carbocycles. The molecule has 1 aliphatic rings. The highest BCUT2D eigenvalue weighted by Crippen LogP contribution is 2.27. The summed E-state index contributed by atoms with van der Waals surface area (Å²) in [5, 5.41) is 14.1. The van der Waals surface area contributed by atoms with E-state index in [1.54, 1.807) is 0 Å². The first-order valence-corrected chi connectivity index (χ1v) is 8.87. The van der Waals surface area contributed by atoms with Gasteiger partial charge in [-0.05, 0) is 48.5 Å². The molecule has 0 aromatic heterocycles. The number of halogens is 1. The third-order valence-corrected chi connectivity index (χ3v) is 5.30. The Balaban J connectivity index is 1.93. The van der Waals surface area contributed by atoms with Crippen LogP contribution in [0.4, 0.5) is 0 Å². The molecule has 0 amide bonds. The number of hydrogen-bond donors (Lipinski definition) is 2. The summed E-state index contributed by atoms with van der Waals surface area (Å²) in [6.45, 7) is 2.88. The minimum atomic E-state index is -0.506. The van der Waals surface area contributed by atoms with Crippen molar-refractivity contribution in [3.05, 3.63) is 34.3 Å². The lowest BCUT2D eigenvalue weighted by Crippen LogP contribution is -2.44. The molecular formula is C15H22BrNOS. The van der Waals surface area contributed by atoms with Crippen LogP contribution in [0.25, 0.3) is 0 Å². The molecule has 4 heteroatoms. The minimum Gasteiger partial charge on any atom is -0.389 e. The van der Waals surface area contributed by atoms with Crippen LogP contribution in [-0.4, -0.2) is 28.8 Å². The average molecular weight is 344 g/mol. The summed E-state index contributed by atoms with van der Waals surface area (Å²) in [6.07, 6.45) is 2.84. The molecule has 0 spiro atoms. The van der Waals surface area contributed by atoms with Gasteiger partial charge in [0.1, 0.15) is 0 Å². The van der Waals surface area contributed by atoms with Crippen LogP contribution in [0.1, 0.15) is 37.8 Å². The van der Waals surface area contributed by atoms with Crippen molar-refractivity contribution in [3.63, 3.8) is 0 Å². The van der Waals surface area contributed by atoms with E-state index in [0.717, 1.165) is 35.2 Å². The molecule has 1 aliphatic heterocycles. The number of thioether (sulfide) groups is 1. The van der Waals surface area contributed by atoms with Gasteiger partial charge in [0, 0.05) is 17.1 Å². The number of nitrogens with one attached hydrogen (secondary N) is 1. The van der Waals surface area contributed by atoms with E-state index >= 15 is 0 Å². The standard InChI is InChI=1S/C15H22BrNOS/c1-2-14(12-3-5-13(16)6-4-12)17-11-15(18)7-9-19-10-8-15/h3-6,14,17-18H,2,7-11H2,1H3. The molecule has 0 aliphatic carbocycles. The van der Waals surface area contributed by atoms with E-state index in [0.29, 0.717) is 12.6 Å². The van der Waals surface area contributed by atoms with Crippen LogP contribution in [0.3, 0.4) is 0 Å². The molecule has 1 aromatic rings. The van der Waals surface area contributed by atoms with Crippen molar-refractivity contribution in [2.75, 3.05) is 18.1 Å². The maximum Gasteiger partial charge on any atom is 0.0787 e. The summed E-state index contributed by atoms with van der Waals surface area (Å²) in [4.78, 5) is 0. The normalized spacial score (nSPS) is 20.2. The van der Waals surface area contributed by atoms with Crippen molar-refractivity contribution in [2.45, 2.75) is 37.8 Å². The first-order chi connectivity index (χ1) is 9.13. The molecule has 2 nitrogen and oxygen atoms in total. The lowest BCUT2D eigenvalue weighted by atomic mass is 9.95. The van der Waals surface area contributed by atoms with Crippen LogP contribution in [-0.2, 0) is 0 Å². The van der Waals surface area contributed by atoms with Gasteiger partial charge in [-0.3, -0.25) is 0 Å². The highest BCUT2D eigenvalue weighted by molar-refractivity contribution is 9.10. The van der Waals surface area contributed by atoms with Crippen molar-refractivity contribution in [3.8, 4) is 0 Å². The predicted molar refractivity (Wildman–Crippen MR) is 86.7 cm³/mol. The Morgan fingerprint density at radius 1 is 1.32 bits per heavy atom. The van der Waals surface area contributed by atoms with Crippen LogP contribution in [0, 0.1) is 0 Å². The molecule has 1 aromatic carbocycles. The van der Waals surface area contributed by atoms with E-state index < -0.39 is 5.60 Å². The molecule has 1 saturated heterocycles. The van der Waals surface area contributed by atoms with Gasteiger partial charge >= 0.3 is 0 Å². The van der Waals surface area contributed by atoms with E-state index in [1.807, 2.05) is 11.8 Å². The molecule has 106 valence electrons. The zero-order valence-electron chi connectivity index (χ0n) is 11.4. The lowest BCUT2D eigenvalue weighted by molar-refractivity contribution is 0.0294. The Labute approximate surface area is 128 Å². The zero-order valence-corrected chi connectivity index (χ0v) is 13.8. The molecule has 19 heavy (non-hydrogen) atoms. The topological polar surface area (TPSA) is 32.3 Å². The van der Waals surface area contributed by atoms with Gasteiger partial charge in [-0.2, -0.15) is 11.8 Å². The Hall–Kier alpha value is -0.0300. The fraction of sp³-hybridized carbons (Fsp3) is 0.600. The fourth-order valence-electron chi connectivity index (χ4n) is 2.43. The van der Waals surface area contributed by atoms with Crippen molar-refractivity contribution < 1.29 is 5.11 Å². The van der Waals surface area contributed by atoms with E-state index in [9.17, 15) is 5.11 Å². The van der Waals surface area contributed by atoms with E-state index in [4.69, 9.17) is 0 Å². The largest absolute Gasteiger partial charge is 0.389 e. The maximum atomic E-state index is 10.5. The molecule has 1 unspecified atom stereocenters. The maximum absolute atomic E-state index is 10.5. The molecule has 0 bridgehead atoms. The first-order valence-electron chi connectivity index (χ1n) is 6.92. The quantitative estimate of drug-likeness (QED) is 0.853. The summed E-state index contributed by atoms with van der Waals surface area (Å²) < 4.78 is 1.11. The van der Waals surface area contributed by atoms with E-state index in [1.165, 1.54) is 5.56 Å². The second-order valence-electron chi connectivity index (χ2n) is 5.23. The van der Waals surface area contributed by atoms with Crippen LogP contribution in [0.5, 0.6) is 0 Å². The Kier molecular flexibility index (Phi) is 5.75. The monoisotopic (exact) mass is 343 g/mol. The van der Waals surface area contributed by atoms with Gasteiger partial charge < -0.3 is 10.4 Å². The Morgan fingerprint density at radius 2 is 1.95 bits per heavy atom. The SMILES string of the molecule is CCC(NCC1(O)CCSCC1)c1ccc(Br)cc1. The van der Waals surface area contributed by atoms with Gasteiger partial charge in [0.2, 0.25) is 0 Å². The molecule has 1 heterocycles. The number of hydrogen-bond acceptors (Lipinski definition) is 3. The number of benzene rings is 1. The highest BCUT2D eigenvalue weighted by atomic mass is 79.9. The van der Waals surface area contributed by atoms with Crippen LogP contribution < -0.4 is 5.32 Å². The lowest BCUT2D eigenvalue weighted by Gasteiger charge is -2.33. The van der Waals surface area contributed by atoms with Gasteiger partial charge in [-0.25, -0.2) is 0 Å². The molecule has 2 rings (SSSR count). The number of aliphatic hydroxyl groups is 1. The summed E-state index contributed by atoms with van der Waals surface area (Å²) in [5.74, 6) is 2.15. The van der Waals surface area contributed by atoms with Crippen LogP contribution in [0.15, 0.2) is 28.7 Å². The Morgan fingerprint density at radius 3 is 2.53 bits per heavy atom. The zero-order chi connectivity index (χ0) is 13.7. The van der Waals surface area contributed by atoms with E-state index in [2.05, 4.69) is 52.4 Å². The van der Waals surface area contributed by atoms with Crippen molar-refractivity contribution in [2.24, 2.45) is 0 Å². The molecular weight excluding hydrogens is 322 g/mol. The minimum absolute atomic E-state index is 0.326. The summed E-state index contributed by atoms with van der Waals surface area (Å²) >= 11 is 5.41.